The van der Waals surface area contributed by atoms with Crippen LogP contribution < -0.4 is 0 Å². The van der Waals surface area contributed by atoms with Crippen molar-refractivity contribution in [2.24, 2.45) is 0 Å². The summed E-state index contributed by atoms with van der Waals surface area (Å²) in [4.78, 5) is 10.6. The molecule has 12 heavy (non-hydrogen) atoms. The van der Waals surface area contributed by atoms with Crippen LogP contribution in [-0.2, 0) is 0 Å². The second kappa shape index (κ2) is 2.61. The summed E-state index contributed by atoms with van der Waals surface area (Å²) in [6, 6.07) is 0.106. The second-order valence-corrected chi connectivity index (χ2v) is 2.03. The van der Waals surface area contributed by atoms with Gasteiger partial charge >= 0.3 is 5.97 Å². The first-order valence-electron chi connectivity index (χ1n) is 4.20. The van der Waals surface area contributed by atoms with Gasteiger partial charge in [0.05, 0.1) is 6.93 Å². The smallest absolute Gasteiger partial charge is 0.335 e. The highest BCUT2D eigenvalue weighted by atomic mass is 16.4. The number of aromatic hydroxyl groups is 3. The lowest BCUT2D eigenvalue weighted by Crippen LogP contribution is -1.95. The van der Waals surface area contributed by atoms with E-state index in [1.807, 2.05) is 0 Å². The first-order chi connectivity index (χ1) is 7.02. The lowest BCUT2D eigenvalue weighted by Gasteiger charge is -2.01. The van der Waals surface area contributed by atoms with Crippen molar-refractivity contribution in [3.8, 4) is 17.2 Å². The highest BCUT2D eigenvalue weighted by Gasteiger charge is 2.11. The van der Waals surface area contributed by atoms with E-state index in [9.17, 15) is 9.90 Å². The fourth-order valence-corrected chi connectivity index (χ4v) is 0.649. The number of carbonyl (C=O) groups is 1. The Hall–Kier alpha value is -1.91. The number of hydrogen-bond donors (Lipinski definition) is 4. The zero-order chi connectivity index (χ0) is 11.6. The molecule has 1 rings (SSSR count). The van der Waals surface area contributed by atoms with E-state index in [-0.39, 0.29) is 0 Å². The lowest BCUT2D eigenvalue weighted by molar-refractivity contribution is 0.0696. The molecule has 1 aromatic carbocycles. The van der Waals surface area contributed by atoms with Crippen LogP contribution in [0.15, 0.2) is 12.1 Å². The number of benzene rings is 1. The molecular weight excluding hydrogens is 164 g/mol. The van der Waals surface area contributed by atoms with Gasteiger partial charge in [-0.15, -0.1) is 0 Å². The Bertz CT molecular complexity index is 406. The first kappa shape index (κ1) is 4.87. The third kappa shape index (κ3) is 1.24. The molecule has 0 aliphatic carbocycles. The van der Waals surface area contributed by atoms with Crippen molar-refractivity contribution >= 4 is 5.97 Å². The van der Waals surface area contributed by atoms with Crippen LogP contribution in [0, 0.1) is 0 Å². The van der Waals surface area contributed by atoms with E-state index >= 15 is 0 Å². The average molecular weight is 173 g/mol. The van der Waals surface area contributed by atoms with Crippen molar-refractivity contribution in [2.75, 3.05) is 0 Å². The molecule has 0 unspecified atom stereocenters. The number of hydrogen-bond acceptors (Lipinski definition) is 4. The zero-order valence-corrected chi connectivity index (χ0v) is 5.70. The minimum Gasteiger partial charge on any atom is -0.504 e. The van der Waals surface area contributed by atoms with E-state index < -0.39 is 34.8 Å². The summed E-state index contributed by atoms with van der Waals surface area (Å²) in [6.07, 6.45) is 0. The average Bonchev–Trinajstić information content (AvgIpc) is 2.19. The summed E-state index contributed by atoms with van der Waals surface area (Å²) < 4.78 is 20.4. The molecule has 5 nitrogen and oxygen atoms in total. The Morgan fingerprint density at radius 1 is 1.50 bits per heavy atom. The Labute approximate surface area is 71.5 Å². The van der Waals surface area contributed by atoms with Gasteiger partial charge in [-0.1, -0.05) is 0 Å². The molecule has 0 saturated carbocycles. The van der Waals surface area contributed by atoms with Gasteiger partial charge in [-0.05, 0) is 12.1 Å². The monoisotopic (exact) mass is 173 g/mol. The first-order valence-corrected chi connectivity index (χ1v) is 2.89. The summed E-state index contributed by atoms with van der Waals surface area (Å²) in [5.41, 5.74) is -0.546. The van der Waals surface area contributed by atoms with Gasteiger partial charge in [-0.2, -0.15) is 0 Å². The lowest BCUT2D eigenvalue weighted by atomic mass is 10.2. The van der Waals surface area contributed by atoms with Gasteiger partial charge in [0.15, 0.2) is 17.2 Å². The Morgan fingerprint density at radius 2 is 2.25 bits per heavy atom. The SMILES string of the molecule is [2H]Oc1c(O)cc(C(=O)O)c([2H])c1O[2H]. The van der Waals surface area contributed by atoms with E-state index in [4.69, 9.17) is 9.34 Å². The molecule has 0 radical (unpaired) electrons. The molecule has 0 bridgehead atoms. The van der Waals surface area contributed by atoms with Gasteiger partial charge in [-0.3, -0.25) is 0 Å². The molecule has 4 N–H and O–H groups in total. The van der Waals surface area contributed by atoms with Crippen LogP contribution in [0.3, 0.4) is 0 Å². The molecule has 0 fully saturated rings. The van der Waals surface area contributed by atoms with Crippen molar-refractivity contribution in [1.29, 1.82) is 2.86 Å². The standard InChI is InChI=1S/C7H6O5/c8-4-1-3(7(11)12)2-5(9)6(4)10/h1-2,8-10H,(H,11,12)/i1D/hD2. The minimum atomic E-state index is -1.45. The maximum atomic E-state index is 10.6. The number of carboxylic acid groups (broad SMARTS) is 1. The van der Waals surface area contributed by atoms with Crippen molar-refractivity contribution in [1.82, 2.24) is 0 Å². The summed E-state index contributed by atoms with van der Waals surface area (Å²) in [5, 5.41) is 25.7. The highest BCUT2D eigenvalue weighted by Crippen LogP contribution is 2.35. The molecule has 0 aliphatic heterocycles. The van der Waals surface area contributed by atoms with E-state index in [1.54, 1.807) is 0 Å². The maximum absolute atomic E-state index is 10.6. The van der Waals surface area contributed by atoms with E-state index in [1.165, 1.54) is 0 Å². The maximum Gasteiger partial charge on any atom is 0.335 e. The van der Waals surface area contributed by atoms with Crippen molar-refractivity contribution in [2.45, 2.75) is 0 Å². The fourth-order valence-electron chi connectivity index (χ4n) is 0.649. The van der Waals surface area contributed by atoms with Crippen molar-refractivity contribution < 1.29 is 26.6 Å². The van der Waals surface area contributed by atoms with E-state index in [0.717, 1.165) is 6.07 Å². The quantitative estimate of drug-likeness (QED) is 0.499. The molecule has 0 heterocycles. The number of aromatic carboxylic acids is 1. The summed E-state index contributed by atoms with van der Waals surface area (Å²) in [5.74, 6) is -3.33. The molecule has 0 spiro atoms. The molecule has 0 atom stereocenters. The number of phenols is 3. The van der Waals surface area contributed by atoms with Crippen LogP contribution in [0.25, 0.3) is 0 Å². The third-order valence-electron chi connectivity index (χ3n) is 1.20. The van der Waals surface area contributed by atoms with Gasteiger partial charge in [0.1, 0.15) is 0 Å². The molecule has 0 amide bonds. The van der Waals surface area contributed by atoms with E-state index in [0.29, 0.717) is 0 Å². The van der Waals surface area contributed by atoms with Gasteiger partial charge in [-0.25, -0.2) is 4.79 Å². The molecule has 0 saturated heterocycles. The Kier molecular flexibility index (Phi) is 1.06. The summed E-state index contributed by atoms with van der Waals surface area (Å²) in [7, 11) is 0. The Balaban J connectivity index is 3.51. The predicted octanol–water partition coefficient (Wildman–Crippen LogP) is 0.502. The van der Waals surface area contributed by atoms with Crippen LogP contribution in [0.1, 0.15) is 11.7 Å². The summed E-state index contributed by atoms with van der Waals surface area (Å²) >= 11 is 0. The largest absolute Gasteiger partial charge is 0.504 e. The van der Waals surface area contributed by atoms with E-state index in [2.05, 4.69) is 10.2 Å². The highest BCUT2D eigenvalue weighted by molar-refractivity contribution is 5.89. The molecule has 1 aromatic rings. The number of phenolic OH excluding ortho intramolecular Hbond substituents is 3. The molecule has 0 aromatic heterocycles. The van der Waals surface area contributed by atoms with Crippen LogP contribution in [0.2, 0.25) is 0 Å². The van der Waals surface area contributed by atoms with Crippen molar-refractivity contribution in [3.05, 3.63) is 17.7 Å². The summed E-state index contributed by atoms with van der Waals surface area (Å²) in [6.45, 7) is 0. The fraction of sp³-hybridized carbons (Fsp3) is 0. The van der Waals surface area contributed by atoms with Gasteiger partial charge in [0.2, 0.25) is 0 Å². The zero-order valence-electron chi connectivity index (χ0n) is 8.70. The van der Waals surface area contributed by atoms with Gasteiger partial charge in [0, 0.05) is 0 Å². The molecule has 0 aliphatic rings. The molecule has 64 valence electrons. The van der Waals surface area contributed by atoms with Gasteiger partial charge in [0.25, 0.3) is 2.86 Å². The van der Waals surface area contributed by atoms with Crippen LogP contribution in [-0.4, -0.2) is 29.3 Å². The number of rotatable bonds is 3. The number of carboxylic acids is 1. The van der Waals surface area contributed by atoms with Gasteiger partial charge < -0.3 is 20.4 Å². The normalized spacial score (nSPS) is 12.5. The Morgan fingerprint density at radius 3 is 2.75 bits per heavy atom. The third-order valence-corrected chi connectivity index (χ3v) is 1.20. The topological polar surface area (TPSA) is 98.0 Å². The van der Waals surface area contributed by atoms with Crippen molar-refractivity contribution in [3.63, 3.8) is 0 Å². The second-order valence-electron chi connectivity index (χ2n) is 2.03. The van der Waals surface area contributed by atoms with Crippen LogP contribution >= 0.6 is 0 Å². The predicted molar refractivity (Wildman–Crippen MR) is 38.4 cm³/mol. The van der Waals surface area contributed by atoms with Crippen LogP contribution in [0.5, 0.6) is 17.2 Å². The molecular formula is C7H6O5. The molecule has 5 heteroatoms. The van der Waals surface area contributed by atoms with Crippen LogP contribution in [0.4, 0.5) is 0 Å². The minimum absolute atomic E-state index is 0.546.